The number of carbonyl (C=O) groups excluding carboxylic acids is 1. The van der Waals surface area contributed by atoms with Crippen LogP contribution in [0.15, 0.2) is 73.6 Å². The second-order valence-electron chi connectivity index (χ2n) is 9.29. The van der Waals surface area contributed by atoms with Gasteiger partial charge in [-0.3, -0.25) is 4.79 Å². The Balaban J connectivity index is 1.37. The fourth-order valence-corrected chi connectivity index (χ4v) is 5.42. The lowest BCUT2D eigenvalue weighted by atomic mass is 10.0. The highest BCUT2D eigenvalue weighted by Gasteiger charge is 2.56. The van der Waals surface area contributed by atoms with Gasteiger partial charge in [-0.15, -0.1) is 0 Å². The second-order valence-corrected chi connectivity index (χ2v) is 9.29. The minimum atomic E-state index is -0.0334. The van der Waals surface area contributed by atoms with Crippen molar-refractivity contribution in [1.29, 1.82) is 0 Å². The molecule has 8 nitrogen and oxygen atoms in total. The van der Waals surface area contributed by atoms with E-state index in [4.69, 9.17) is 15.6 Å². The highest BCUT2D eigenvalue weighted by Crippen LogP contribution is 2.52. The van der Waals surface area contributed by atoms with Gasteiger partial charge in [-0.1, -0.05) is 31.7 Å². The van der Waals surface area contributed by atoms with E-state index >= 15 is 0 Å². The average Bonchev–Trinajstić information content (AvgIpc) is 3.37. The molecule has 6 rings (SSSR count). The lowest BCUT2D eigenvalue weighted by Crippen LogP contribution is -2.41. The number of hydrogen-bond acceptors (Lipinski definition) is 6. The molecule has 1 aliphatic carbocycles. The van der Waals surface area contributed by atoms with E-state index in [0.29, 0.717) is 29.8 Å². The summed E-state index contributed by atoms with van der Waals surface area (Å²) in [7, 11) is 0. The number of nitrogen functional groups attached to an aromatic ring is 1. The SMILES string of the molecule is C=CC(=O)N1CC(n2nc(-c3ccc(Oc4ccccc4)cc3)c3c(N)ncnc32)CC2C(C)C21. The van der Waals surface area contributed by atoms with Crippen LogP contribution in [0.2, 0.25) is 0 Å². The number of piperidine rings is 1. The summed E-state index contributed by atoms with van der Waals surface area (Å²) in [5.41, 5.74) is 8.61. The third-order valence-corrected chi connectivity index (χ3v) is 7.25. The van der Waals surface area contributed by atoms with Gasteiger partial charge in [0, 0.05) is 18.2 Å². The molecule has 2 aromatic heterocycles. The number of hydrogen-bond donors (Lipinski definition) is 1. The summed E-state index contributed by atoms with van der Waals surface area (Å²) < 4.78 is 7.86. The third-order valence-electron chi connectivity index (χ3n) is 7.25. The van der Waals surface area contributed by atoms with Crippen LogP contribution < -0.4 is 10.5 Å². The van der Waals surface area contributed by atoms with Gasteiger partial charge in [0.25, 0.3) is 0 Å². The molecule has 0 radical (unpaired) electrons. The van der Waals surface area contributed by atoms with Crippen LogP contribution in [0.3, 0.4) is 0 Å². The number of fused-ring (bicyclic) bond motifs is 2. The Bertz CT molecular complexity index is 1420. The molecule has 0 spiro atoms. The summed E-state index contributed by atoms with van der Waals surface area (Å²) >= 11 is 0. The summed E-state index contributed by atoms with van der Waals surface area (Å²) in [6, 6.07) is 17.7. The molecule has 4 unspecified atom stereocenters. The fourth-order valence-electron chi connectivity index (χ4n) is 5.42. The van der Waals surface area contributed by atoms with Crippen LogP contribution in [-0.2, 0) is 4.79 Å². The van der Waals surface area contributed by atoms with Crippen molar-refractivity contribution in [3.05, 3.63) is 73.6 Å². The highest BCUT2D eigenvalue weighted by atomic mass is 16.5. The van der Waals surface area contributed by atoms with Crippen LogP contribution in [0.5, 0.6) is 11.5 Å². The van der Waals surface area contributed by atoms with Gasteiger partial charge < -0.3 is 15.4 Å². The fraction of sp³-hybridized carbons (Fsp3) is 0.259. The lowest BCUT2D eigenvalue weighted by Gasteiger charge is -2.32. The number of aromatic nitrogens is 4. The maximum Gasteiger partial charge on any atom is 0.246 e. The monoisotopic (exact) mass is 466 g/mol. The molecule has 176 valence electrons. The van der Waals surface area contributed by atoms with Crippen LogP contribution in [0.4, 0.5) is 5.82 Å². The zero-order valence-electron chi connectivity index (χ0n) is 19.4. The normalized spacial score (nSPS) is 23.1. The van der Waals surface area contributed by atoms with E-state index in [1.807, 2.05) is 64.2 Å². The zero-order chi connectivity index (χ0) is 24.1. The lowest BCUT2D eigenvalue weighted by molar-refractivity contribution is -0.128. The van der Waals surface area contributed by atoms with Crippen molar-refractivity contribution in [2.24, 2.45) is 11.8 Å². The number of likely N-dealkylation sites (tertiary alicyclic amines) is 1. The summed E-state index contributed by atoms with van der Waals surface area (Å²) in [5.74, 6) is 2.78. The molecular formula is C27H26N6O2. The second kappa shape index (κ2) is 8.23. The molecule has 2 aliphatic rings. The largest absolute Gasteiger partial charge is 0.457 e. The Labute approximate surface area is 203 Å². The first-order valence-electron chi connectivity index (χ1n) is 11.8. The molecule has 4 atom stereocenters. The van der Waals surface area contributed by atoms with Gasteiger partial charge in [0.2, 0.25) is 5.91 Å². The number of nitrogens with two attached hydrogens (primary N) is 1. The summed E-state index contributed by atoms with van der Waals surface area (Å²) in [6.45, 7) is 6.46. The number of amides is 1. The molecular weight excluding hydrogens is 440 g/mol. The molecule has 2 fully saturated rings. The number of rotatable bonds is 5. The van der Waals surface area contributed by atoms with Crippen molar-refractivity contribution >= 4 is 22.8 Å². The van der Waals surface area contributed by atoms with Gasteiger partial charge in [0.1, 0.15) is 29.3 Å². The number of benzene rings is 2. The van der Waals surface area contributed by atoms with Gasteiger partial charge >= 0.3 is 0 Å². The van der Waals surface area contributed by atoms with Crippen LogP contribution in [-0.4, -0.2) is 43.1 Å². The van der Waals surface area contributed by atoms with E-state index in [1.165, 1.54) is 12.4 Å². The molecule has 3 heterocycles. The van der Waals surface area contributed by atoms with Crippen LogP contribution >= 0.6 is 0 Å². The maximum absolute atomic E-state index is 12.6. The Hall–Kier alpha value is -4.20. The Morgan fingerprint density at radius 1 is 1.11 bits per heavy atom. The Morgan fingerprint density at radius 2 is 1.86 bits per heavy atom. The minimum absolute atomic E-state index is 0.00339. The molecule has 8 heteroatoms. The molecule has 0 bridgehead atoms. The number of carbonyl (C=O) groups is 1. The average molecular weight is 467 g/mol. The quantitative estimate of drug-likeness (QED) is 0.436. The number of ether oxygens (including phenoxy) is 1. The van der Waals surface area contributed by atoms with E-state index in [2.05, 4.69) is 23.5 Å². The Morgan fingerprint density at radius 3 is 2.60 bits per heavy atom. The van der Waals surface area contributed by atoms with Gasteiger partial charge in [-0.2, -0.15) is 5.10 Å². The van der Waals surface area contributed by atoms with Crippen molar-refractivity contribution in [2.75, 3.05) is 12.3 Å². The van der Waals surface area contributed by atoms with E-state index in [0.717, 1.165) is 34.6 Å². The smallest absolute Gasteiger partial charge is 0.246 e. The summed E-state index contributed by atoms with van der Waals surface area (Å²) in [5, 5.41) is 5.70. The van der Waals surface area contributed by atoms with Crippen molar-refractivity contribution < 1.29 is 9.53 Å². The molecule has 1 amide bonds. The number of para-hydroxylation sites is 1. The molecule has 2 aromatic carbocycles. The zero-order valence-corrected chi connectivity index (χ0v) is 19.4. The van der Waals surface area contributed by atoms with Crippen molar-refractivity contribution in [2.45, 2.75) is 25.4 Å². The van der Waals surface area contributed by atoms with Crippen molar-refractivity contribution in [3.63, 3.8) is 0 Å². The van der Waals surface area contributed by atoms with Crippen LogP contribution in [0, 0.1) is 11.8 Å². The van der Waals surface area contributed by atoms with Crippen LogP contribution in [0.1, 0.15) is 19.4 Å². The first-order valence-corrected chi connectivity index (χ1v) is 11.8. The van der Waals surface area contributed by atoms with E-state index in [9.17, 15) is 4.79 Å². The maximum atomic E-state index is 12.6. The Kier molecular flexibility index (Phi) is 5.02. The van der Waals surface area contributed by atoms with Crippen molar-refractivity contribution in [3.8, 4) is 22.8 Å². The molecule has 2 N–H and O–H groups in total. The predicted molar refractivity (Wildman–Crippen MR) is 134 cm³/mol. The van der Waals surface area contributed by atoms with Gasteiger partial charge in [0.05, 0.1) is 11.4 Å². The topological polar surface area (TPSA) is 99.2 Å². The van der Waals surface area contributed by atoms with Gasteiger partial charge in [-0.05, 0) is 60.7 Å². The van der Waals surface area contributed by atoms with Crippen molar-refractivity contribution in [1.82, 2.24) is 24.6 Å². The number of anilines is 1. The molecule has 1 saturated carbocycles. The summed E-state index contributed by atoms with van der Waals surface area (Å²) in [6.07, 6.45) is 3.81. The van der Waals surface area contributed by atoms with E-state index in [-0.39, 0.29) is 18.0 Å². The highest BCUT2D eigenvalue weighted by molar-refractivity contribution is 5.98. The first-order chi connectivity index (χ1) is 17.0. The standard InChI is InChI=1S/C27H26N6O2/c1-3-22(34)32-14-18(13-21-16(2)25(21)32)33-27-23(26(28)29-15-30-27)24(31-33)17-9-11-20(12-10-17)35-19-7-5-4-6-8-19/h3-12,15-16,18,21,25H,1,13-14H2,2H3,(H2,28,29,30). The molecule has 4 aromatic rings. The molecule has 1 aliphatic heterocycles. The first kappa shape index (κ1) is 21.3. The van der Waals surface area contributed by atoms with Crippen LogP contribution in [0.25, 0.3) is 22.3 Å². The van der Waals surface area contributed by atoms with Gasteiger partial charge in [-0.25, -0.2) is 14.6 Å². The minimum Gasteiger partial charge on any atom is -0.457 e. The molecule has 1 saturated heterocycles. The number of nitrogens with zero attached hydrogens (tertiary/aromatic N) is 5. The molecule has 35 heavy (non-hydrogen) atoms. The summed E-state index contributed by atoms with van der Waals surface area (Å²) in [4.78, 5) is 23.3. The predicted octanol–water partition coefficient (Wildman–Crippen LogP) is 4.46. The van der Waals surface area contributed by atoms with E-state index in [1.54, 1.807) is 0 Å². The van der Waals surface area contributed by atoms with E-state index < -0.39 is 0 Å². The third kappa shape index (κ3) is 3.62. The van der Waals surface area contributed by atoms with Gasteiger partial charge in [0.15, 0.2) is 5.65 Å².